The van der Waals surface area contributed by atoms with Gasteiger partial charge < -0.3 is 10.1 Å². The molecule has 3 rings (SSSR count). The van der Waals surface area contributed by atoms with Crippen molar-refractivity contribution in [2.24, 2.45) is 0 Å². The summed E-state index contributed by atoms with van der Waals surface area (Å²) < 4.78 is 29.3. The second-order valence-electron chi connectivity index (χ2n) is 6.14. The fourth-order valence-electron chi connectivity index (χ4n) is 3.48. The summed E-state index contributed by atoms with van der Waals surface area (Å²) >= 11 is 7.10. The number of hydrogen-bond donors (Lipinski definition) is 1. The van der Waals surface area contributed by atoms with Crippen molar-refractivity contribution in [3.8, 4) is 5.75 Å². The van der Waals surface area contributed by atoms with Crippen LogP contribution in [0, 0.1) is 0 Å². The number of amides is 1. The van der Waals surface area contributed by atoms with Crippen LogP contribution in [0.1, 0.15) is 36.4 Å². The smallest absolute Gasteiger partial charge is 0.387 e. The first-order valence-electron chi connectivity index (χ1n) is 8.21. The molecule has 136 valence electrons. The van der Waals surface area contributed by atoms with Crippen molar-refractivity contribution in [2.75, 3.05) is 12.0 Å². The lowest BCUT2D eigenvalue weighted by molar-refractivity contribution is -0.128. The highest BCUT2D eigenvalue weighted by atomic mass is 32.2. The van der Waals surface area contributed by atoms with Crippen LogP contribution in [0.5, 0.6) is 5.75 Å². The summed E-state index contributed by atoms with van der Waals surface area (Å²) in [6, 6.07) is 4.55. The summed E-state index contributed by atoms with van der Waals surface area (Å²) in [7, 11) is 0. The van der Waals surface area contributed by atoms with Crippen molar-refractivity contribution in [3.05, 3.63) is 29.3 Å². The number of halogens is 2. The second-order valence-corrected chi connectivity index (χ2v) is 7.51. The van der Waals surface area contributed by atoms with E-state index < -0.39 is 6.61 Å². The number of carbonyl (C=O) groups is 1. The van der Waals surface area contributed by atoms with Gasteiger partial charge in [-0.1, -0.05) is 6.07 Å². The number of rotatable bonds is 6. The zero-order valence-corrected chi connectivity index (χ0v) is 15.5. The van der Waals surface area contributed by atoms with E-state index in [1.54, 1.807) is 28.8 Å². The summed E-state index contributed by atoms with van der Waals surface area (Å²) in [6.07, 6.45) is 5.20. The van der Waals surface area contributed by atoms with Gasteiger partial charge in [-0.25, -0.2) is 0 Å². The molecule has 0 unspecified atom stereocenters. The monoisotopic (exact) mass is 386 g/mol. The maximum absolute atomic E-state index is 12.8. The van der Waals surface area contributed by atoms with Crippen molar-refractivity contribution >= 4 is 35.0 Å². The Hall–Kier alpha value is -1.41. The van der Waals surface area contributed by atoms with Gasteiger partial charge in [-0.05, 0) is 73.2 Å². The number of fused-ring (bicyclic) bond motifs is 1. The Bertz CT molecular complexity index is 672. The first-order valence-corrected chi connectivity index (χ1v) is 10.0. The predicted molar refractivity (Wildman–Crippen MR) is 98.1 cm³/mol. The molecule has 2 aliphatic rings. The number of alkyl halides is 2. The molecule has 1 fully saturated rings. The van der Waals surface area contributed by atoms with E-state index in [1.165, 1.54) is 6.07 Å². The van der Waals surface area contributed by atoms with Crippen LogP contribution in [-0.2, 0) is 11.2 Å². The number of aryl methyl sites for hydroxylation is 1. The lowest BCUT2D eigenvalue weighted by Crippen LogP contribution is -2.37. The number of ether oxygens (including phenoxy) is 1. The Morgan fingerprint density at radius 1 is 1.48 bits per heavy atom. The summed E-state index contributed by atoms with van der Waals surface area (Å²) in [6.45, 7) is -2.84. The summed E-state index contributed by atoms with van der Waals surface area (Å²) in [5.41, 5.74) is 1.91. The molecule has 25 heavy (non-hydrogen) atoms. The first-order chi connectivity index (χ1) is 12.0. The second kappa shape index (κ2) is 7.86. The van der Waals surface area contributed by atoms with E-state index in [2.05, 4.69) is 10.1 Å². The molecule has 2 atom stereocenters. The maximum Gasteiger partial charge on any atom is 0.387 e. The van der Waals surface area contributed by atoms with E-state index in [-0.39, 0.29) is 23.7 Å². The molecule has 1 heterocycles. The molecular formula is C17H20F2N2O2S2. The quantitative estimate of drug-likeness (QED) is 0.758. The van der Waals surface area contributed by atoms with E-state index >= 15 is 0 Å². The minimum absolute atomic E-state index is 0.00445. The number of hydrogen-bond acceptors (Lipinski definition) is 4. The van der Waals surface area contributed by atoms with Crippen molar-refractivity contribution in [1.29, 1.82) is 0 Å². The van der Waals surface area contributed by atoms with Crippen LogP contribution in [0.3, 0.4) is 0 Å². The number of nitrogens with one attached hydrogen (secondary N) is 1. The maximum atomic E-state index is 12.8. The molecule has 1 aromatic carbocycles. The highest BCUT2D eigenvalue weighted by molar-refractivity contribution is 7.98. The van der Waals surface area contributed by atoms with Crippen LogP contribution >= 0.6 is 24.0 Å². The standard InChI is InChI=1S/C17H20F2N2O2S2/c1-25-8-7-13-15(22)21(17(24)20-13)14-4-2-3-10-9-11(23-16(18)19)5-6-12(10)14/h5-6,9,13-14,16H,2-4,7-8H2,1H3,(H,20,24)/t13-,14-/m0/s1. The van der Waals surface area contributed by atoms with Gasteiger partial charge >= 0.3 is 6.61 Å². The minimum Gasteiger partial charge on any atom is -0.435 e. The van der Waals surface area contributed by atoms with Gasteiger partial charge in [0.05, 0.1) is 6.04 Å². The first kappa shape index (κ1) is 18.4. The van der Waals surface area contributed by atoms with E-state index in [1.807, 2.05) is 6.26 Å². The predicted octanol–water partition coefficient (Wildman–Crippen LogP) is 3.50. The molecule has 1 aliphatic heterocycles. The molecule has 0 bridgehead atoms. The van der Waals surface area contributed by atoms with Crippen molar-refractivity contribution < 1.29 is 18.3 Å². The van der Waals surface area contributed by atoms with E-state index in [0.717, 1.165) is 42.6 Å². The van der Waals surface area contributed by atoms with Crippen molar-refractivity contribution in [1.82, 2.24) is 10.2 Å². The molecule has 1 amide bonds. The highest BCUT2D eigenvalue weighted by Gasteiger charge is 2.41. The van der Waals surface area contributed by atoms with E-state index in [0.29, 0.717) is 5.11 Å². The van der Waals surface area contributed by atoms with E-state index in [9.17, 15) is 13.6 Å². The zero-order chi connectivity index (χ0) is 18.0. The average Bonchev–Trinajstić information content (AvgIpc) is 2.85. The van der Waals surface area contributed by atoms with E-state index in [4.69, 9.17) is 12.2 Å². The SMILES string of the molecule is CSCC[C@@H]1NC(=S)N([C@H]2CCCc3cc(OC(F)F)ccc32)C1=O. The molecule has 0 aromatic heterocycles. The highest BCUT2D eigenvalue weighted by Crippen LogP contribution is 2.38. The number of thioether (sulfide) groups is 1. The van der Waals surface area contributed by atoms with Crippen LogP contribution in [0.15, 0.2) is 18.2 Å². The molecule has 0 spiro atoms. The molecule has 8 heteroatoms. The lowest BCUT2D eigenvalue weighted by atomic mass is 9.86. The Kier molecular flexibility index (Phi) is 5.78. The lowest BCUT2D eigenvalue weighted by Gasteiger charge is -2.32. The third kappa shape index (κ3) is 3.89. The number of carbonyl (C=O) groups excluding carboxylic acids is 1. The Morgan fingerprint density at radius 2 is 2.28 bits per heavy atom. The van der Waals surface area contributed by atoms with Gasteiger partial charge in [0.2, 0.25) is 0 Å². The molecule has 0 saturated carbocycles. The normalized spacial score (nSPS) is 23.0. The molecule has 1 N–H and O–H groups in total. The Labute approximate surface area is 155 Å². The van der Waals surface area contributed by atoms with Crippen LogP contribution in [-0.4, -0.2) is 40.6 Å². The van der Waals surface area contributed by atoms with Crippen LogP contribution in [0.4, 0.5) is 8.78 Å². The number of nitrogens with zero attached hydrogens (tertiary/aromatic N) is 1. The van der Waals surface area contributed by atoms with Gasteiger partial charge in [-0.15, -0.1) is 0 Å². The summed E-state index contributed by atoms with van der Waals surface area (Å²) in [4.78, 5) is 14.5. The molecule has 1 aliphatic carbocycles. The van der Waals surface area contributed by atoms with Gasteiger partial charge in [0.15, 0.2) is 5.11 Å². The largest absolute Gasteiger partial charge is 0.435 e. The molecule has 1 aromatic rings. The van der Waals surface area contributed by atoms with Gasteiger partial charge in [0.1, 0.15) is 11.8 Å². The fraction of sp³-hybridized carbons (Fsp3) is 0.529. The van der Waals surface area contributed by atoms with Crippen molar-refractivity contribution in [3.63, 3.8) is 0 Å². The molecule has 1 saturated heterocycles. The topological polar surface area (TPSA) is 41.6 Å². The van der Waals surface area contributed by atoms with Gasteiger partial charge in [-0.3, -0.25) is 9.69 Å². The molecule has 0 radical (unpaired) electrons. The number of thiocarbonyl (C=S) groups is 1. The Balaban J connectivity index is 1.83. The fourth-order valence-corrected chi connectivity index (χ4v) is 4.32. The van der Waals surface area contributed by atoms with Gasteiger partial charge in [0, 0.05) is 0 Å². The Morgan fingerprint density at radius 3 is 3.00 bits per heavy atom. The third-order valence-electron chi connectivity index (χ3n) is 4.60. The molecule has 4 nitrogen and oxygen atoms in total. The van der Waals surface area contributed by atoms with Crippen LogP contribution in [0.25, 0.3) is 0 Å². The van der Waals surface area contributed by atoms with Crippen molar-refractivity contribution in [2.45, 2.75) is 44.4 Å². The summed E-state index contributed by atoms with van der Waals surface area (Å²) in [5, 5.41) is 3.58. The summed E-state index contributed by atoms with van der Waals surface area (Å²) in [5.74, 6) is 1.04. The molecular weight excluding hydrogens is 366 g/mol. The van der Waals surface area contributed by atoms with Gasteiger partial charge in [0.25, 0.3) is 5.91 Å². The number of benzene rings is 1. The van der Waals surface area contributed by atoms with Crippen LogP contribution < -0.4 is 10.1 Å². The minimum atomic E-state index is -2.84. The zero-order valence-electron chi connectivity index (χ0n) is 13.8. The third-order valence-corrected chi connectivity index (χ3v) is 5.56. The van der Waals surface area contributed by atoms with Gasteiger partial charge in [-0.2, -0.15) is 20.5 Å². The average molecular weight is 386 g/mol. The van der Waals surface area contributed by atoms with Crippen LogP contribution in [0.2, 0.25) is 0 Å².